The zero-order valence-corrected chi connectivity index (χ0v) is 13.4. The van der Waals surface area contributed by atoms with Crippen molar-refractivity contribution in [1.29, 1.82) is 0 Å². The van der Waals surface area contributed by atoms with Crippen molar-refractivity contribution >= 4 is 44.8 Å². The van der Waals surface area contributed by atoms with Crippen molar-refractivity contribution in [3.8, 4) is 0 Å². The third-order valence-corrected chi connectivity index (χ3v) is 4.49. The van der Waals surface area contributed by atoms with Crippen LogP contribution in [0.3, 0.4) is 0 Å². The molecule has 0 fully saturated rings. The number of thiazole rings is 1. The second kappa shape index (κ2) is 6.50. The fraction of sp³-hybridized carbons (Fsp3) is 0.231. The first kappa shape index (κ1) is 14.5. The second-order valence-corrected chi connectivity index (χ2v) is 6.40. The van der Waals surface area contributed by atoms with E-state index in [0.717, 1.165) is 15.9 Å². The first-order valence-electron chi connectivity index (χ1n) is 5.77. The van der Waals surface area contributed by atoms with Gasteiger partial charge in [-0.25, -0.2) is 4.98 Å². The van der Waals surface area contributed by atoms with E-state index in [4.69, 9.17) is 11.6 Å². The monoisotopic (exact) mass is 358 g/mol. The number of benzene rings is 1. The Labute approximate surface area is 129 Å². The molecule has 2 aromatic rings. The summed E-state index contributed by atoms with van der Waals surface area (Å²) in [7, 11) is 0. The van der Waals surface area contributed by atoms with E-state index in [1.165, 1.54) is 4.88 Å². The summed E-state index contributed by atoms with van der Waals surface area (Å²) < 4.78 is 0.824. The summed E-state index contributed by atoms with van der Waals surface area (Å²) in [5.74, 6) is -0.195. The van der Waals surface area contributed by atoms with Gasteiger partial charge in [0, 0.05) is 15.5 Å². The van der Waals surface area contributed by atoms with Crippen LogP contribution in [0.1, 0.15) is 27.2 Å². The number of aryl methyl sites for hydroxylation is 1. The van der Waals surface area contributed by atoms with Crippen LogP contribution in [0.2, 0.25) is 5.02 Å². The molecule has 0 aliphatic carbocycles. The molecule has 1 N–H and O–H groups in total. The average molecular weight is 360 g/mol. The van der Waals surface area contributed by atoms with E-state index in [-0.39, 0.29) is 5.91 Å². The topological polar surface area (TPSA) is 42.0 Å². The van der Waals surface area contributed by atoms with E-state index in [0.29, 0.717) is 17.1 Å². The third kappa shape index (κ3) is 3.78. The Morgan fingerprint density at radius 3 is 3.00 bits per heavy atom. The zero-order valence-electron chi connectivity index (χ0n) is 10.2. The molecule has 0 atom stereocenters. The predicted octanol–water partition coefficient (Wildman–Crippen LogP) is 4.05. The molecule has 0 aliphatic heterocycles. The van der Waals surface area contributed by atoms with Crippen molar-refractivity contribution in [2.24, 2.45) is 0 Å². The van der Waals surface area contributed by atoms with Crippen LogP contribution in [0.25, 0.3) is 0 Å². The molecule has 0 saturated carbocycles. The maximum Gasteiger partial charge on any atom is 0.253 e. The summed E-state index contributed by atoms with van der Waals surface area (Å²) in [6, 6.07) is 5.20. The van der Waals surface area contributed by atoms with Gasteiger partial charge in [-0.2, -0.15) is 0 Å². The lowest BCUT2D eigenvalue weighted by molar-refractivity contribution is 0.0951. The highest BCUT2D eigenvalue weighted by Crippen LogP contribution is 2.21. The quantitative estimate of drug-likeness (QED) is 0.894. The number of carbonyl (C=O) groups is 1. The molecule has 1 heterocycles. The normalized spacial score (nSPS) is 10.5. The van der Waals surface area contributed by atoms with Gasteiger partial charge in [0.2, 0.25) is 0 Å². The van der Waals surface area contributed by atoms with Gasteiger partial charge in [0.05, 0.1) is 17.1 Å². The van der Waals surface area contributed by atoms with Crippen LogP contribution in [0.4, 0.5) is 0 Å². The van der Waals surface area contributed by atoms with Gasteiger partial charge >= 0.3 is 0 Å². The van der Waals surface area contributed by atoms with Gasteiger partial charge in [-0.05, 0) is 24.6 Å². The highest BCUT2D eigenvalue weighted by Gasteiger charge is 2.11. The van der Waals surface area contributed by atoms with Gasteiger partial charge in [-0.15, -0.1) is 11.3 Å². The average Bonchev–Trinajstić information content (AvgIpc) is 2.87. The van der Waals surface area contributed by atoms with Crippen LogP contribution in [0, 0.1) is 0 Å². The van der Waals surface area contributed by atoms with E-state index in [2.05, 4.69) is 33.2 Å². The van der Waals surface area contributed by atoms with E-state index >= 15 is 0 Å². The van der Waals surface area contributed by atoms with Crippen molar-refractivity contribution < 1.29 is 4.79 Å². The van der Waals surface area contributed by atoms with Crippen LogP contribution in [-0.2, 0) is 13.0 Å². The lowest BCUT2D eigenvalue weighted by Gasteiger charge is -2.05. The number of rotatable bonds is 4. The minimum absolute atomic E-state index is 0.195. The number of amides is 1. The Hall–Kier alpha value is -0.910. The van der Waals surface area contributed by atoms with Crippen molar-refractivity contribution in [3.63, 3.8) is 0 Å². The van der Waals surface area contributed by atoms with E-state index < -0.39 is 0 Å². The standard InChI is InChI=1S/C13H12BrClN2OS/c1-2-9-6-16-12(19-9)7-17-13(18)10-5-8(14)3-4-11(10)15/h3-6H,2,7H2,1H3,(H,17,18). The Morgan fingerprint density at radius 1 is 1.53 bits per heavy atom. The lowest BCUT2D eigenvalue weighted by atomic mass is 10.2. The molecule has 3 nitrogen and oxygen atoms in total. The fourth-order valence-corrected chi connectivity index (χ4v) is 2.88. The lowest BCUT2D eigenvalue weighted by Crippen LogP contribution is -2.23. The molecule has 1 amide bonds. The maximum atomic E-state index is 12.0. The molecule has 6 heteroatoms. The van der Waals surface area contributed by atoms with Crippen LogP contribution in [-0.4, -0.2) is 10.9 Å². The number of aromatic nitrogens is 1. The minimum Gasteiger partial charge on any atom is -0.345 e. The molecule has 0 radical (unpaired) electrons. The molecule has 1 aromatic carbocycles. The first-order valence-corrected chi connectivity index (χ1v) is 7.75. The molecule has 0 saturated heterocycles. The first-order chi connectivity index (χ1) is 9.10. The Morgan fingerprint density at radius 2 is 2.32 bits per heavy atom. The van der Waals surface area contributed by atoms with Gasteiger partial charge in [0.25, 0.3) is 5.91 Å². The largest absolute Gasteiger partial charge is 0.345 e. The Balaban J connectivity index is 2.03. The fourth-order valence-electron chi connectivity index (χ4n) is 1.52. The van der Waals surface area contributed by atoms with Crippen LogP contribution in [0.5, 0.6) is 0 Å². The number of hydrogen-bond acceptors (Lipinski definition) is 3. The smallest absolute Gasteiger partial charge is 0.253 e. The zero-order chi connectivity index (χ0) is 13.8. The highest BCUT2D eigenvalue weighted by atomic mass is 79.9. The van der Waals surface area contributed by atoms with Gasteiger partial charge in [0.15, 0.2) is 0 Å². The molecule has 19 heavy (non-hydrogen) atoms. The summed E-state index contributed by atoms with van der Waals surface area (Å²) in [6.07, 6.45) is 2.81. The molecule has 0 bridgehead atoms. The molecule has 0 spiro atoms. The summed E-state index contributed by atoms with van der Waals surface area (Å²) >= 11 is 10.9. The van der Waals surface area contributed by atoms with E-state index in [1.807, 2.05) is 6.20 Å². The van der Waals surface area contributed by atoms with Gasteiger partial charge in [-0.3, -0.25) is 4.79 Å². The third-order valence-electron chi connectivity index (χ3n) is 2.52. The number of hydrogen-bond donors (Lipinski definition) is 1. The van der Waals surface area contributed by atoms with Gasteiger partial charge < -0.3 is 5.32 Å². The molecule has 1 aromatic heterocycles. The summed E-state index contributed by atoms with van der Waals surface area (Å²) in [6.45, 7) is 2.50. The Bertz CT molecular complexity index is 600. The highest BCUT2D eigenvalue weighted by molar-refractivity contribution is 9.10. The Kier molecular flexibility index (Phi) is 4.96. The van der Waals surface area contributed by atoms with Crippen molar-refractivity contribution in [2.45, 2.75) is 19.9 Å². The molecular weight excluding hydrogens is 348 g/mol. The predicted molar refractivity (Wildman–Crippen MR) is 81.8 cm³/mol. The van der Waals surface area contributed by atoms with Crippen molar-refractivity contribution in [3.05, 3.63) is 49.3 Å². The SMILES string of the molecule is CCc1cnc(CNC(=O)c2cc(Br)ccc2Cl)s1. The molecule has 2 rings (SSSR count). The number of halogens is 2. The van der Waals surface area contributed by atoms with E-state index in [9.17, 15) is 4.79 Å². The second-order valence-electron chi connectivity index (χ2n) is 3.88. The summed E-state index contributed by atoms with van der Waals surface area (Å²) in [5.41, 5.74) is 0.461. The number of carbonyl (C=O) groups excluding carboxylic acids is 1. The molecule has 100 valence electrons. The molecule has 0 aliphatic rings. The number of nitrogens with one attached hydrogen (secondary N) is 1. The maximum absolute atomic E-state index is 12.0. The van der Waals surface area contributed by atoms with Crippen LogP contribution < -0.4 is 5.32 Å². The van der Waals surface area contributed by atoms with E-state index in [1.54, 1.807) is 29.5 Å². The minimum atomic E-state index is -0.195. The van der Waals surface area contributed by atoms with Crippen LogP contribution >= 0.6 is 38.9 Å². The molecular formula is C13H12BrClN2OS. The number of nitrogens with zero attached hydrogens (tertiary/aromatic N) is 1. The van der Waals surface area contributed by atoms with Crippen LogP contribution in [0.15, 0.2) is 28.9 Å². The summed E-state index contributed by atoms with van der Waals surface area (Å²) in [4.78, 5) is 17.5. The summed E-state index contributed by atoms with van der Waals surface area (Å²) in [5, 5.41) is 4.16. The van der Waals surface area contributed by atoms with Crippen molar-refractivity contribution in [2.75, 3.05) is 0 Å². The van der Waals surface area contributed by atoms with Gasteiger partial charge in [-0.1, -0.05) is 34.5 Å². The molecule has 0 unspecified atom stereocenters. The van der Waals surface area contributed by atoms with Gasteiger partial charge in [0.1, 0.15) is 5.01 Å². The van der Waals surface area contributed by atoms with Crippen molar-refractivity contribution in [1.82, 2.24) is 10.3 Å².